The smallest absolute Gasteiger partial charge is 0.0945 e. The fourth-order valence-electron chi connectivity index (χ4n) is 1.40. The number of hydrogen-bond acceptors (Lipinski definition) is 4. The summed E-state index contributed by atoms with van der Waals surface area (Å²) in [6.07, 6.45) is 3.71. The lowest BCUT2D eigenvalue weighted by Gasteiger charge is -2.16. The lowest BCUT2D eigenvalue weighted by atomic mass is 10.4. The number of ether oxygens (including phenoxy) is 1. The van der Waals surface area contributed by atoms with Gasteiger partial charge in [0, 0.05) is 46.5 Å². The Morgan fingerprint density at radius 3 is 2.94 bits per heavy atom. The van der Waals surface area contributed by atoms with Gasteiger partial charge in [-0.15, -0.1) is 0 Å². The van der Waals surface area contributed by atoms with Gasteiger partial charge in [-0.3, -0.25) is 0 Å². The van der Waals surface area contributed by atoms with Crippen molar-refractivity contribution in [3.05, 3.63) is 18.2 Å². The van der Waals surface area contributed by atoms with Crippen molar-refractivity contribution in [1.82, 2.24) is 19.8 Å². The van der Waals surface area contributed by atoms with Gasteiger partial charge in [0.2, 0.25) is 0 Å². The Kier molecular flexibility index (Phi) is 6.07. The lowest BCUT2D eigenvalue weighted by molar-refractivity contribution is 0.161. The van der Waals surface area contributed by atoms with E-state index in [1.807, 2.05) is 24.1 Å². The number of aryl methyl sites for hydroxylation is 1. The molecular formula is C11H22N4O. The molecule has 1 aromatic heterocycles. The minimum Gasteiger partial charge on any atom is -0.383 e. The first kappa shape index (κ1) is 13.2. The second kappa shape index (κ2) is 7.38. The number of aromatic nitrogens is 2. The second-order valence-electron chi connectivity index (χ2n) is 3.97. The third-order valence-corrected chi connectivity index (χ3v) is 2.57. The predicted octanol–water partition coefficient (Wildman–Crippen LogP) is 0.0879. The summed E-state index contributed by atoms with van der Waals surface area (Å²) in [4.78, 5) is 6.32. The van der Waals surface area contributed by atoms with Crippen LogP contribution in [0.4, 0.5) is 0 Å². The zero-order chi connectivity index (χ0) is 11.8. The molecule has 1 rings (SSSR count). The Balaban J connectivity index is 2.06. The first-order valence-electron chi connectivity index (χ1n) is 5.57. The molecule has 0 saturated carbocycles. The highest BCUT2D eigenvalue weighted by molar-refractivity contribution is 4.96. The SMILES string of the molecule is COCCN(C)CCNCc1cncn1C. The first-order valence-corrected chi connectivity index (χ1v) is 5.57. The van der Waals surface area contributed by atoms with E-state index >= 15 is 0 Å². The number of nitrogens with one attached hydrogen (secondary N) is 1. The first-order chi connectivity index (χ1) is 7.74. The summed E-state index contributed by atoms with van der Waals surface area (Å²) in [7, 11) is 5.84. The molecule has 0 fully saturated rings. The molecule has 0 aliphatic rings. The molecule has 92 valence electrons. The van der Waals surface area contributed by atoms with Crippen LogP contribution in [0.1, 0.15) is 5.69 Å². The molecule has 0 saturated heterocycles. The maximum Gasteiger partial charge on any atom is 0.0945 e. The molecule has 5 heteroatoms. The molecule has 1 heterocycles. The highest BCUT2D eigenvalue weighted by Gasteiger charge is 1.99. The third-order valence-electron chi connectivity index (χ3n) is 2.57. The number of imidazole rings is 1. The van der Waals surface area contributed by atoms with Crippen LogP contribution in [-0.2, 0) is 18.3 Å². The van der Waals surface area contributed by atoms with Gasteiger partial charge in [0.1, 0.15) is 0 Å². The number of likely N-dealkylation sites (N-methyl/N-ethyl adjacent to an activating group) is 1. The van der Waals surface area contributed by atoms with Crippen molar-refractivity contribution in [1.29, 1.82) is 0 Å². The predicted molar refractivity (Wildman–Crippen MR) is 64.3 cm³/mol. The molecule has 1 N–H and O–H groups in total. The molecule has 0 amide bonds. The Morgan fingerprint density at radius 1 is 1.50 bits per heavy atom. The minimum atomic E-state index is 0.790. The van der Waals surface area contributed by atoms with Crippen molar-refractivity contribution in [2.75, 3.05) is 40.4 Å². The van der Waals surface area contributed by atoms with Crippen LogP contribution in [0.5, 0.6) is 0 Å². The third kappa shape index (κ3) is 4.74. The van der Waals surface area contributed by atoms with Gasteiger partial charge in [-0.05, 0) is 7.05 Å². The lowest BCUT2D eigenvalue weighted by Crippen LogP contribution is -2.31. The molecule has 0 atom stereocenters. The largest absolute Gasteiger partial charge is 0.383 e. The molecule has 0 radical (unpaired) electrons. The average molecular weight is 226 g/mol. The highest BCUT2D eigenvalue weighted by atomic mass is 16.5. The van der Waals surface area contributed by atoms with Gasteiger partial charge in [-0.2, -0.15) is 0 Å². The van der Waals surface area contributed by atoms with Crippen LogP contribution in [-0.4, -0.2) is 54.8 Å². The van der Waals surface area contributed by atoms with Crippen molar-refractivity contribution in [3.63, 3.8) is 0 Å². The molecule has 16 heavy (non-hydrogen) atoms. The molecule has 1 aromatic rings. The molecule has 0 aliphatic carbocycles. The van der Waals surface area contributed by atoms with Crippen LogP contribution in [0.3, 0.4) is 0 Å². The van der Waals surface area contributed by atoms with E-state index in [9.17, 15) is 0 Å². The van der Waals surface area contributed by atoms with Gasteiger partial charge < -0.3 is 19.5 Å². The van der Waals surface area contributed by atoms with Crippen molar-refractivity contribution in [3.8, 4) is 0 Å². The molecular weight excluding hydrogens is 204 g/mol. The van der Waals surface area contributed by atoms with Gasteiger partial charge in [0.05, 0.1) is 18.6 Å². The highest BCUT2D eigenvalue weighted by Crippen LogP contribution is 1.94. The van der Waals surface area contributed by atoms with E-state index in [4.69, 9.17) is 4.74 Å². The van der Waals surface area contributed by atoms with Crippen molar-refractivity contribution in [2.24, 2.45) is 7.05 Å². The van der Waals surface area contributed by atoms with Crippen LogP contribution in [0.15, 0.2) is 12.5 Å². The summed E-state index contributed by atoms with van der Waals surface area (Å²) < 4.78 is 7.05. The molecule has 5 nitrogen and oxygen atoms in total. The van der Waals surface area contributed by atoms with Crippen molar-refractivity contribution >= 4 is 0 Å². The van der Waals surface area contributed by atoms with Crippen molar-refractivity contribution in [2.45, 2.75) is 6.54 Å². The number of nitrogens with zero attached hydrogens (tertiary/aromatic N) is 3. The molecule has 0 aromatic carbocycles. The summed E-state index contributed by atoms with van der Waals surface area (Å²) in [6.45, 7) is 4.64. The maximum absolute atomic E-state index is 5.02. The van der Waals surface area contributed by atoms with Gasteiger partial charge in [-0.25, -0.2) is 4.98 Å². The molecule has 0 bridgehead atoms. The number of methoxy groups -OCH3 is 1. The summed E-state index contributed by atoms with van der Waals surface area (Å²) in [5, 5.41) is 3.39. The van der Waals surface area contributed by atoms with Crippen LogP contribution in [0.25, 0.3) is 0 Å². The molecule has 0 unspecified atom stereocenters. The normalized spacial score (nSPS) is 11.2. The zero-order valence-corrected chi connectivity index (χ0v) is 10.4. The van der Waals surface area contributed by atoms with Crippen LogP contribution in [0.2, 0.25) is 0 Å². The Bertz CT molecular complexity index is 287. The molecule has 0 aliphatic heterocycles. The summed E-state index contributed by atoms with van der Waals surface area (Å²) in [5.41, 5.74) is 1.21. The minimum absolute atomic E-state index is 0.790. The fourth-order valence-corrected chi connectivity index (χ4v) is 1.40. The van der Waals surface area contributed by atoms with Crippen LogP contribution in [0, 0.1) is 0 Å². The van der Waals surface area contributed by atoms with Gasteiger partial charge in [0.15, 0.2) is 0 Å². The number of hydrogen-bond donors (Lipinski definition) is 1. The van der Waals surface area contributed by atoms with E-state index in [-0.39, 0.29) is 0 Å². The van der Waals surface area contributed by atoms with Crippen LogP contribution >= 0.6 is 0 Å². The van der Waals surface area contributed by atoms with Crippen molar-refractivity contribution < 1.29 is 4.74 Å². The van der Waals surface area contributed by atoms with E-state index in [0.717, 1.165) is 32.8 Å². The van der Waals surface area contributed by atoms with Gasteiger partial charge >= 0.3 is 0 Å². The zero-order valence-electron chi connectivity index (χ0n) is 10.4. The summed E-state index contributed by atoms with van der Waals surface area (Å²) >= 11 is 0. The monoisotopic (exact) mass is 226 g/mol. The Hall–Kier alpha value is -0.910. The summed E-state index contributed by atoms with van der Waals surface area (Å²) in [6, 6.07) is 0. The molecule has 0 spiro atoms. The fraction of sp³-hybridized carbons (Fsp3) is 0.727. The topological polar surface area (TPSA) is 42.3 Å². The van der Waals surface area contributed by atoms with Crippen LogP contribution < -0.4 is 5.32 Å². The van der Waals surface area contributed by atoms with E-state index in [1.54, 1.807) is 7.11 Å². The van der Waals surface area contributed by atoms with Gasteiger partial charge in [-0.1, -0.05) is 0 Å². The second-order valence-corrected chi connectivity index (χ2v) is 3.97. The van der Waals surface area contributed by atoms with Gasteiger partial charge in [0.25, 0.3) is 0 Å². The van der Waals surface area contributed by atoms with E-state index < -0.39 is 0 Å². The number of rotatable bonds is 8. The maximum atomic E-state index is 5.02. The summed E-state index contributed by atoms with van der Waals surface area (Å²) in [5.74, 6) is 0. The van der Waals surface area contributed by atoms with E-state index in [0.29, 0.717) is 0 Å². The average Bonchev–Trinajstić information content (AvgIpc) is 2.67. The quantitative estimate of drug-likeness (QED) is 0.638. The standard InChI is InChI=1S/C11H22N4O/c1-14(6-7-16-3)5-4-12-8-11-9-13-10-15(11)2/h9-10,12H,4-8H2,1-3H3. The van der Waals surface area contributed by atoms with E-state index in [2.05, 4.69) is 22.2 Å². The Labute approximate surface area is 97.4 Å². The Morgan fingerprint density at radius 2 is 2.31 bits per heavy atom. The van der Waals surface area contributed by atoms with E-state index in [1.165, 1.54) is 5.69 Å².